The molecule has 2 N–H and O–H groups in total. The smallest absolute Gasteiger partial charge is 0.174 e. The van der Waals surface area contributed by atoms with Crippen LogP contribution in [0.25, 0.3) is 5.76 Å². The molecule has 4 nitrogen and oxygen atoms in total. The number of halogens is 1. The van der Waals surface area contributed by atoms with Crippen LogP contribution in [0.3, 0.4) is 0 Å². The minimum Gasteiger partial charge on any atom is -0.387 e. The Kier molecular flexibility index (Phi) is 3.17. The van der Waals surface area contributed by atoms with Gasteiger partial charge >= 0.3 is 0 Å². The van der Waals surface area contributed by atoms with E-state index in [9.17, 15) is 4.39 Å². The molecule has 1 aromatic rings. The summed E-state index contributed by atoms with van der Waals surface area (Å²) < 4.78 is 12.8. The van der Waals surface area contributed by atoms with Crippen molar-refractivity contribution in [2.45, 2.75) is 18.9 Å². The van der Waals surface area contributed by atoms with Crippen molar-refractivity contribution in [1.29, 1.82) is 0 Å². The number of benzene rings is 1. The van der Waals surface area contributed by atoms with Gasteiger partial charge in [0, 0.05) is 12.1 Å². The summed E-state index contributed by atoms with van der Waals surface area (Å²) >= 11 is 0. The highest BCUT2D eigenvalue weighted by Crippen LogP contribution is 2.22. The highest BCUT2D eigenvalue weighted by Gasteiger charge is 2.24. The van der Waals surface area contributed by atoms with Crippen LogP contribution in [0, 0.1) is 5.82 Å². The van der Waals surface area contributed by atoms with Crippen LogP contribution in [0.4, 0.5) is 4.39 Å². The van der Waals surface area contributed by atoms with Crippen LogP contribution in [-0.2, 0) is 4.84 Å². The molecule has 18 heavy (non-hydrogen) atoms. The molecule has 96 valence electrons. The molecular weight excluding hydrogens is 233 g/mol. The van der Waals surface area contributed by atoms with Crippen LogP contribution in [0.5, 0.6) is 0 Å². The topological polar surface area (TPSA) is 36.5 Å². The second kappa shape index (κ2) is 4.96. The van der Waals surface area contributed by atoms with Crippen LogP contribution >= 0.6 is 0 Å². The van der Waals surface area contributed by atoms with E-state index in [2.05, 4.69) is 10.9 Å². The van der Waals surface area contributed by atoms with Gasteiger partial charge in [0.1, 0.15) is 5.82 Å². The molecule has 1 aromatic carbocycles. The standard InChI is InChI=1S/C13H16FN3O/c14-11-5-3-10(4-6-11)13-9-17(16-18-13)12-2-1-7-15-8-12/h3-6,9,12,15-16H,1-2,7-8H2. The fourth-order valence-electron chi connectivity index (χ4n) is 2.28. The summed E-state index contributed by atoms with van der Waals surface area (Å²) in [4.78, 5) is 5.43. The number of hydrogen-bond acceptors (Lipinski definition) is 4. The van der Waals surface area contributed by atoms with Gasteiger partial charge in [0.15, 0.2) is 5.76 Å². The Balaban J connectivity index is 1.72. The summed E-state index contributed by atoms with van der Waals surface area (Å²) in [5, 5.41) is 5.33. The van der Waals surface area contributed by atoms with E-state index in [0.717, 1.165) is 30.8 Å². The Morgan fingerprint density at radius 1 is 1.28 bits per heavy atom. The lowest BCUT2D eigenvalue weighted by Gasteiger charge is -2.29. The number of nitrogens with one attached hydrogen (secondary N) is 2. The van der Waals surface area contributed by atoms with Crippen LogP contribution in [-0.4, -0.2) is 24.1 Å². The maximum absolute atomic E-state index is 12.8. The molecule has 2 heterocycles. The van der Waals surface area contributed by atoms with Gasteiger partial charge in [-0.1, -0.05) is 5.59 Å². The van der Waals surface area contributed by atoms with E-state index in [1.54, 1.807) is 12.1 Å². The first-order chi connectivity index (χ1) is 8.83. The van der Waals surface area contributed by atoms with E-state index in [0.29, 0.717) is 6.04 Å². The van der Waals surface area contributed by atoms with Gasteiger partial charge in [0.25, 0.3) is 0 Å². The molecule has 2 aliphatic rings. The quantitative estimate of drug-likeness (QED) is 0.835. The summed E-state index contributed by atoms with van der Waals surface area (Å²) in [5.74, 6) is 0.485. The van der Waals surface area contributed by atoms with Gasteiger partial charge in [0.2, 0.25) is 0 Å². The largest absolute Gasteiger partial charge is 0.387 e. The van der Waals surface area contributed by atoms with Gasteiger partial charge in [-0.3, -0.25) is 5.01 Å². The second-order valence-electron chi connectivity index (χ2n) is 4.60. The molecule has 0 aliphatic carbocycles. The lowest BCUT2D eigenvalue weighted by atomic mass is 10.1. The Morgan fingerprint density at radius 3 is 2.83 bits per heavy atom. The fourth-order valence-corrected chi connectivity index (χ4v) is 2.28. The molecule has 0 spiro atoms. The minimum absolute atomic E-state index is 0.237. The van der Waals surface area contributed by atoms with Gasteiger partial charge in [-0.15, -0.1) is 0 Å². The lowest BCUT2D eigenvalue weighted by molar-refractivity contribution is 0.0132. The molecule has 0 aromatic heterocycles. The second-order valence-corrected chi connectivity index (χ2v) is 4.60. The van der Waals surface area contributed by atoms with E-state index < -0.39 is 0 Å². The number of hydrazine groups is 1. The molecule has 1 atom stereocenters. The summed E-state index contributed by atoms with van der Waals surface area (Å²) in [6.07, 6.45) is 4.24. The number of rotatable bonds is 2. The fraction of sp³-hybridized carbons (Fsp3) is 0.385. The van der Waals surface area contributed by atoms with E-state index in [1.165, 1.54) is 18.6 Å². The number of piperidine rings is 1. The van der Waals surface area contributed by atoms with Crippen molar-refractivity contribution >= 4 is 5.76 Å². The molecule has 1 unspecified atom stereocenters. The van der Waals surface area contributed by atoms with Gasteiger partial charge in [-0.05, 0) is 43.7 Å². The highest BCUT2D eigenvalue weighted by atomic mass is 19.1. The number of hydrogen-bond donors (Lipinski definition) is 2. The predicted molar refractivity (Wildman–Crippen MR) is 66.3 cm³/mol. The molecule has 1 saturated heterocycles. The van der Waals surface area contributed by atoms with Crippen molar-refractivity contribution in [3.8, 4) is 0 Å². The van der Waals surface area contributed by atoms with E-state index in [1.807, 2.05) is 11.2 Å². The minimum atomic E-state index is -0.237. The Bertz CT molecular complexity index is 440. The van der Waals surface area contributed by atoms with Crippen LogP contribution < -0.4 is 10.9 Å². The predicted octanol–water partition coefficient (Wildman–Crippen LogP) is 1.63. The van der Waals surface area contributed by atoms with Crippen molar-refractivity contribution < 1.29 is 9.23 Å². The molecular formula is C13H16FN3O. The summed E-state index contributed by atoms with van der Waals surface area (Å²) in [5.41, 5.74) is 3.77. The molecule has 0 bridgehead atoms. The summed E-state index contributed by atoms with van der Waals surface area (Å²) in [7, 11) is 0. The van der Waals surface area contributed by atoms with Crippen LogP contribution in [0.15, 0.2) is 30.5 Å². The zero-order valence-corrected chi connectivity index (χ0v) is 10.0. The SMILES string of the molecule is Fc1ccc(C2=CN(C3CCCNC3)NO2)cc1. The van der Waals surface area contributed by atoms with Crippen molar-refractivity contribution in [3.63, 3.8) is 0 Å². The first-order valence-corrected chi connectivity index (χ1v) is 6.22. The Labute approximate surface area is 105 Å². The van der Waals surface area contributed by atoms with E-state index >= 15 is 0 Å². The third-order valence-electron chi connectivity index (χ3n) is 3.31. The lowest BCUT2D eigenvalue weighted by Crippen LogP contribution is -2.47. The third-order valence-corrected chi connectivity index (χ3v) is 3.31. The highest BCUT2D eigenvalue weighted by molar-refractivity contribution is 5.60. The zero-order chi connectivity index (χ0) is 12.4. The van der Waals surface area contributed by atoms with E-state index in [4.69, 9.17) is 4.84 Å². The van der Waals surface area contributed by atoms with Crippen LogP contribution in [0.1, 0.15) is 18.4 Å². The van der Waals surface area contributed by atoms with Gasteiger partial charge in [-0.25, -0.2) is 4.39 Å². The molecule has 3 rings (SSSR count). The zero-order valence-electron chi connectivity index (χ0n) is 10.0. The maximum Gasteiger partial charge on any atom is 0.174 e. The summed E-state index contributed by atoms with van der Waals surface area (Å²) in [6.45, 7) is 2.03. The Morgan fingerprint density at radius 2 is 2.11 bits per heavy atom. The monoisotopic (exact) mass is 249 g/mol. The van der Waals surface area contributed by atoms with Crippen molar-refractivity contribution in [3.05, 3.63) is 41.8 Å². The van der Waals surface area contributed by atoms with Crippen molar-refractivity contribution in [2.75, 3.05) is 13.1 Å². The first-order valence-electron chi connectivity index (χ1n) is 6.22. The third kappa shape index (κ3) is 2.32. The maximum atomic E-state index is 12.8. The molecule has 0 amide bonds. The molecule has 5 heteroatoms. The molecule has 0 saturated carbocycles. The van der Waals surface area contributed by atoms with Gasteiger partial charge in [-0.2, -0.15) is 0 Å². The van der Waals surface area contributed by atoms with Gasteiger partial charge < -0.3 is 10.2 Å². The van der Waals surface area contributed by atoms with Crippen molar-refractivity contribution in [2.24, 2.45) is 0 Å². The molecule has 1 fully saturated rings. The van der Waals surface area contributed by atoms with E-state index in [-0.39, 0.29) is 5.82 Å². The average molecular weight is 249 g/mol. The summed E-state index contributed by atoms with van der Waals surface area (Å²) in [6, 6.07) is 6.70. The number of nitrogens with zero attached hydrogens (tertiary/aromatic N) is 1. The Hall–Kier alpha value is -1.59. The van der Waals surface area contributed by atoms with Crippen molar-refractivity contribution in [1.82, 2.24) is 15.9 Å². The van der Waals surface area contributed by atoms with Crippen LogP contribution in [0.2, 0.25) is 0 Å². The average Bonchev–Trinajstić information content (AvgIpc) is 2.90. The first kappa shape index (κ1) is 11.5. The molecule has 0 radical (unpaired) electrons. The normalized spacial score (nSPS) is 23.7. The van der Waals surface area contributed by atoms with Gasteiger partial charge in [0.05, 0.1) is 12.2 Å². The molecule has 2 aliphatic heterocycles.